The highest BCUT2D eigenvalue weighted by molar-refractivity contribution is 7.25. The summed E-state index contributed by atoms with van der Waals surface area (Å²) >= 11 is 1.85. The van der Waals surface area contributed by atoms with Crippen LogP contribution in [0.3, 0.4) is 0 Å². The molecule has 0 unspecified atom stereocenters. The van der Waals surface area contributed by atoms with Gasteiger partial charge in [0.15, 0.2) is 5.65 Å². The normalized spacial score (nSPS) is 12.7. The quantitative estimate of drug-likeness (QED) is 0.199. The maximum absolute atomic E-state index is 6.34. The number of nitrogens with zero attached hydrogens (tertiary/aromatic N) is 3. The summed E-state index contributed by atoms with van der Waals surface area (Å²) in [6, 6.07) is 41.1. The van der Waals surface area contributed by atoms with E-state index in [-0.39, 0.29) is 0 Å². The predicted octanol–water partition coefficient (Wildman–Crippen LogP) is 10.7. The number of benzene rings is 6. The molecule has 0 N–H and O–H groups in total. The summed E-state index contributed by atoms with van der Waals surface area (Å²) in [7, 11) is 0. The highest BCUT2D eigenvalue weighted by Crippen LogP contribution is 2.44. The fourth-order valence-corrected chi connectivity index (χ4v) is 8.25. The number of hydrogen-bond acceptors (Lipinski definition) is 4. The Hall–Kier alpha value is -5.52. The first-order valence-corrected chi connectivity index (χ1v) is 15.2. The van der Waals surface area contributed by atoms with Gasteiger partial charge in [-0.1, -0.05) is 54.6 Å². The van der Waals surface area contributed by atoms with Gasteiger partial charge in [0.25, 0.3) is 0 Å². The standard InChI is InChI=1S/C38H19N3OS/c1-5-11-32-22(7-1)25-18-24-27-16-21(20-13-14-35-26(15-20)23-8-2-6-12-34(23)43-35)17-28-36-38(40-30-10-4-3-9-29(30)39-36)41(37(27)28)31(24)19-33(25)42-32/h1-19H. The first kappa shape index (κ1) is 22.1. The van der Waals surface area contributed by atoms with Crippen molar-refractivity contribution in [1.29, 1.82) is 0 Å². The third-order valence-corrected chi connectivity index (χ3v) is 10.2. The summed E-state index contributed by atoms with van der Waals surface area (Å²) < 4.78 is 11.3. The van der Waals surface area contributed by atoms with E-state index in [0.29, 0.717) is 0 Å². The van der Waals surface area contributed by atoms with Crippen molar-refractivity contribution in [2.24, 2.45) is 0 Å². The molecular formula is C38H19N3OS. The van der Waals surface area contributed by atoms with E-state index in [9.17, 15) is 0 Å². The maximum Gasteiger partial charge on any atom is 0.165 e. The molecule has 5 heterocycles. The van der Waals surface area contributed by atoms with E-state index in [4.69, 9.17) is 14.4 Å². The van der Waals surface area contributed by atoms with Gasteiger partial charge in [-0.3, -0.25) is 4.40 Å². The second-order valence-electron chi connectivity index (χ2n) is 11.4. The van der Waals surface area contributed by atoms with Crippen LogP contribution >= 0.6 is 11.3 Å². The fourth-order valence-electron chi connectivity index (χ4n) is 7.16. The third kappa shape index (κ3) is 2.80. The summed E-state index contributed by atoms with van der Waals surface area (Å²) in [5, 5.41) is 8.39. The van der Waals surface area contributed by atoms with E-state index in [1.807, 2.05) is 47.7 Å². The van der Waals surface area contributed by atoms with Crippen molar-refractivity contribution in [2.75, 3.05) is 0 Å². The monoisotopic (exact) mass is 565 g/mol. The SMILES string of the molecule is c1ccc2nc3c(nc2c1)c1cc(-c2ccc4sc5ccccc5c4c2)cc2c4cc5c(cc4n3c21)oc1ccccc15. The Morgan fingerprint density at radius 1 is 0.512 bits per heavy atom. The zero-order valence-corrected chi connectivity index (χ0v) is 23.4. The largest absolute Gasteiger partial charge is 0.456 e. The molecule has 0 saturated heterocycles. The number of furan rings is 1. The van der Waals surface area contributed by atoms with Crippen molar-refractivity contribution >= 4 is 103 Å². The van der Waals surface area contributed by atoms with Gasteiger partial charge in [-0.15, -0.1) is 11.3 Å². The Bertz CT molecular complexity index is 2960. The summed E-state index contributed by atoms with van der Waals surface area (Å²) in [5.74, 6) is 0. The van der Waals surface area contributed by atoms with Crippen molar-refractivity contribution in [3.05, 3.63) is 115 Å². The molecule has 11 rings (SSSR count). The minimum Gasteiger partial charge on any atom is -0.456 e. The molecule has 0 aliphatic rings. The molecule has 5 heteroatoms. The maximum atomic E-state index is 6.34. The molecule has 5 aromatic heterocycles. The molecule has 0 spiro atoms. The summed E-state index contributed by atoms with van der Waals surface area (Å²) in [6.45, 7) is 0. The van der Waals surface area contributed by atoms with Gasteiger partial charge in [0.2, 0.25) is 0 Å². The highest BCUT2D eigenvalue weighted by atomic mass is 32.1. The topological polar surface area (TPSA) is 43.3 Å². The summed E-state index contributed by atoms with van der Waals surface area (Å²) in [4.78, 5) is 10.4. The zero-order valence-electron chi connectivity index (χ0n) is 22.6. The van der Waals surface area contributed by atoms with E-state index >= 15 is 0 Å². The molecule has 6 aromatic carbocycles. The van der Waals surface area contributed by atoms with Crippen LogP contribution in [0.5, 0.6) is 0 Å². The van der Waals surface area contributed by atoms with E-state index in [1.54, 1.807) is 0 Å². The van der Waals surface area contributed by atoms with Crippen LogP contribution in [0.25, 0.3) is 103 Å². The average Bonchev–Trinajstić information content (AvgIpc) is 3.78. The average molecular weight is 566 g/mol. The Balaban J connectivity index is 1.32. The molecule has 0 aliphatic carbocycles. The Morgan fingerprint density at radius 2 is 1.26 bits per heavy atom. The minimum atomic E-state index is 0.876. The van der Waals surface area contributed by atoms with Gasteiger partial charge < -0.3 is 4.42 Å². The zero-order chi connectivity index (χ0) is 27.8. The smallest absolute Gasteiger partial charge is 0.165 e. The molecular weight excluding hydrogens is 547 g/mol. The van der Waals surface area contributed by atoms with Crippen molar-refractivity contribution in [3.8, 4) is 11.1 Å². The van der Waals surface area contributed by atoms with E-state index in [1.165, 1.54) is 42.1 Å². The first-order valence-electron chi connectivity index (χ1n) is 14.4. The van der Waals surface area contributed by atoms with Gasteiger partial charge in [-0.2, -0.15) is 0 Å². The number of fused-ring (bicyclic) bond motifs is 13. The Morgan fingerprint density at radius 3 is 2.19 bits per heavy atom. The second kappa shape index (κ2) is 7.65. The van der Waals surface area contributed by atoms with Crippen molar-refractivity contribution in [2.45, 2.75) is 0 Å². The Kier molecular flexibility index (Phi) is 3.94. The van der Waals surface area contributed by atoms with Gasteiger partial charge in [-0.25, -0.2) is 9.97 Å². The van der Waals surface area contributed by atoms with Crippen LogP contribution < -0.4 is 0 Å². The van der Waals surface area contributed by atoms with Crippen LogP contribution in [-0.4, -0.2) is 14.4 Å². The molecule has 43 heavy (non-hydrogen) atoms. The molecule has 198 valence electrons. The van der Waals surface area contributed by atoms with Crippen LogP contribution in [0.15, 0.2) is 120 Å². The lowest BCUT2D eigenvalue weighted by molar-refractivity contribution is 0.669. The predicted molar refractivity (Wildman–Crippen MR) is 180 cm³/mol. The van der Waals surface area contributed by atoms with E-state index in [0.717, 1.165) is 60.6 Å². The molecule has 4 nitrogen and oxygen atoms in total. The molecule has 0 radical (unpaired) electrons. The lowest BCUT2D eigenvalue weighted by Crippen LogP contribution is -1.88. The lowest BCUT2D eigenvalue weighted by atomic mass is 9.98. The molecule has 0 atom stereocenters. The van der Waals surface area contributed by atoms with Gasteiger partial charge >= 0.3 is 0 Å². The van der Waals surface area contributed by atoms with E-state index < -0.39 is 0 Å². The number of rotatable bonds is 1. The highest BCUT2D eigenvalue weighted by Gasteiger charge is 2.23. The summed E-state index contributed by atoms with van der Waals surface area (Å²) in [5.41, 5.74) is 10.0. The minimum absolute atomic E-state index is 0.876. The number of thiophene rings is 1. The second-order valence-corrected chi connectivity index (χ2v) is 12.5. The van der Waals surface area contributed by atoms with Crippen LogP contribution in [-0.2, 0) is 0 Å². The first-order chi connectivity index (χ1) is 21.3. The molecule has 0 bridgehead atoms. The van der Waals surface area contributed by atoms with E-state index in [2.05, 4.69) is 83.3 Å². The fraction of sp³-hybridized carbons (Fsp3) is 0. The Labute approximate surface area is 247 Å². The summed E-state index contributed by atoms with van der Waals surface area (Å²) in [6.07, 6.45) is 0. The van der Waals surface area contributed by atoms with Gasteiger partial charge in [-0.05, 0) is 65.7 Å². The van der Waals surface area contributed by atoms with Gasteiger partial charge in [0.1, 0.15) is 16.7 Å². The molecule has 0 aliphatic heterocycles. The molecule has 0 amide bonds. The van der Waals surface area contributed by atoms with Gasteiger partial charge in [0.05, 0.1) is 22.1 Å². The number of para-hydroxylation sites is 3. The van der Waals surface area contributed by atoms with Crippen LogP contribution in [0.1, 0.15) is 0 Å². The van der Waals surface area contributed by atoms with Crippen molar-refractivity contribution in [1.82, 2.24) is 14.4 Å². The van der Waals surface area contributed by atoms with Crippen LogP contribution in [0.2, 0.25) is 0 Å². The number of hydrogen-bond donors (Lipinski definition) is 0. The van der Waals surface area contributed by atoms with Crippen LogP contribution in [0, 0.1) is 0 Å². The molecule has 11 aromatic rings. The molecule has 0 fully saturated rings. The van der Waals surface area contributed by atoms with Crippen molar-refractivity contribution in [3.63, 3.8) is 0 Å². The van der Waals surface area contributed by atoms with Gasteiger partial charge in [0, 0.05) is 53.2 Å². The third-order valence-electron chi connectivity index (χ3n) is 9.09. The van der Waals surface area contributed by atoms with Crippen LogP contribution in [0.4, 0.5) is 0 Å². The number of aromatic nitrogens is 3. The lowest BCUT2D eigenvalue weighted by Gasteiger charge is -2.05. The molecule has 0 saturated carbocycles. The van der Waals surface area contributed by atoms with Crippen molar-refractivity contribution < 1.29 is 4.42 Å².